The van der Waals surface area contributed by atoms with E-state index in [2.05, 4.69) is 38.1 Å². The van der Waals surface area contributed by atoms with Crippen LogP contribution in [0.2, 0.25) is 0 Å². The van der Waals surface area contributed by atoms with E-state index in [0.29, 0.717) is 31.8 Å². The third-order valence-electron chi connectivity index (χ3n) is 11.6. The normalized spacial score (nSPS) is 10.9. The molecule has 1 N–H and O–H groups in total. The summed E-state index contributed by atoms with van der Waals surface area (Å²) in [5, 5.41) is 11.3. The van der Waals surface area contributed by atoms with Gasteiger partial charge in [-0.25, -0.2) is 19.6 Å². The Morgan fingerprint density at radius 3 is 1.24 bits per heavy atom. The number of aromatic nitrogens is 2. The second-order valence-electron chi connectivity index (χ2n) is 19.0. The molecular weight excluding hydrogens is 1020 g/mol. The number of carboxylic acid groups (broad SMARTS) is 1. The first kappa shape index (κ1) is 57.4. The van der Waals surface area contributed by atoms with E-state index in [1.54, 1.807) is 43.4 Å². The fourth-order valence-electron chi connectivity index (χ4n) is 7.77. The van der Waals surface area contributed by atoms with Crippen LogP contribution in [0, 0.1) is 13.8 Å². The maximum Gasteiger partial charge on any atom is 0.410 e. The summed E-state index contributed by atoms with van der Waals surface area (Å²) in [6.45, 7) is 10.3. The quantitative estimate of drug-likeness (QED) is 0.0505. The topological polar surface area (TPSA) is 167 Å². The van der Waals surface area contributed by atoms with Crippen molar-refractivity contribution >= 4 is 46.8 Å². The molecule has 8 aromatic rings. The third kappa shape index (κ3) is 18.7. The van der Waals surface area contributed by atoms with Crippen molar-refractivity contribution in [2.24, 2.45) is 0 Å². The summed E-state index contributed by atoms with van der Waals surface area (Å²) in [6.07, 6.45) is 0.123. The summed E-state index contributed by atoms with van der Waals surface area (Å²) in [6, 6.07) is 53.7. The standard InChI is InChI=1S/C33H36N2O5S.C29H28N2O5S/c1-24-29(34-31(41-24)27-13-9-6-10-14-27)19-20-38-28-17-15-25(16-18-28)21-35(22-30(36)40-33(2,3)4)32(37)39-23-26-11-7-5-8-12-26;1-21-26(30-28(37-21)24-10-6-3-7-11-24)16-17-35-25-14-12-22(13-15-25)18-31(19-27(32)33)29(34)36-20-23-8-4-2-5-9-23/h5-18H,19-23H2,1-4H3;2-15H,16-20H2,1H3,(H,32,33). The highest BCUT2D eigenvalue weighted by Crippen LogP contribution is 2.29. The lowest BCUT2D eigenvalue weighted by Crippen LogP contribution is -2.38. The largest absolute Gasteiger partial charge is 0.493 e. The van der Waals surface area contributed by atoms with E-state index in [9.17, 15) is 24.3 Å². The van der Waals surface area contributed by atoms with Crippen LogP contribution in [-0.4, -0.2) is 80.9 Å². The molecule has 0 fully saturated rings. The predicted molar refractivity (Wildman–Crippen MR) is 303 cm³/mol. The molecular formula is C62H64N4O10S2. The van der Waals surface area contributed by atoms with Gasteiger partial charge in [0.15, 0.2) is 0 Å². The fourth-order valence-corrected chi connectivity index (χ4v) is 9.70. The summed E-state index contributed by atoms with van der Waals surface area (Å²) in [7, 11) is 0. The molecule has 2 amide bonds. The van der Waals surface area contributed by atoms with Gasteiger partial charge in [0.2, 0.25) is 0 Å². The molecule has 14 nitrogen and oxygen atoms in total. The fraction of sp³-hybridized carbons (Fsp3) is 0.258. The second kappa shape index (κ2) is 28.7. The summed E-state index contributed by atoms with van der Waals surface area (Å²) < 4.78 is 28.1. The minimum Gasteiger partial charge on any atom is -0.493 e. The van der Waals surface area contributed by atoms with E-state index in [1.807, 2.05) is 146 Å². The average molecular weight is 1090 g/mol. The summed E-state index contributed by atoms with van der Waals surface area (Å²) in [5.41, 5.74) is 6.94. The molecule has 6 aromatic carbocycles. The molecule has 0 atom stereocenters. The van der Waals surface area contributed by atoms with E-state index >= 15 is 0 Å². The van der Waals surface area contributed by atoms with Crippen molar-refractivity contribution in [3.8, 4) is 32.6 Å². The highest BCUT2D eigenvalue weighted by atomic mass is 32.1. The monoisotopic (exact) mass is 1090 g/mol. The number of benzene rings is 6. The Balaban J connectivity index is 0.000000227. The smallest absolute Gasteiger partial charge is 0.410 e. The van der Waals surface area contributed by atoms with Crippen LogP contribution in [0.15, 0.2) is 170 Å². The highest BCUT2D eigenvalue weighted by molar-refractivity contribution is 7.15. The lowest BCUT2D eigenvalue weighted by molar-refractivity contribution is -0.156. The van der Waals surface area contributed by atoms with Gasteiger partial charge in [-0.1, -0.05) is 146 Å². The van der Waals surface area contributed by atoms with Crippen LogP contribution in [0.5, 0.6) is 11.5 Å². The number of aliphatic carboxylic acids is 1. The lowest BCUT2D eigenvalue weighted by Gasteiger charge is -2.25. The zero-order valence-corrected chi connectivity index (χ0v) is 46.1. The maximum atomic E-state index is 13.0. The summed E-state index contributed by atoms with van der Waals surface area (Å²) >= 11 is 3.37. The van der Waals surface area contributed by atoms with Gasteiger partial charge < -0.3 is 28.8 Å². The van der Waals surface area contributed by atoms with Gasteiger partial charge in [-0.3, -0.25) is 19.4 Å². The number of thiazole rings is 2. The maximum absolute atomic E-state index is 13.0. The highest BCUT2D eigenvalue weighted by Gasteiger charge is 2.24. The number of aryl methyl sites for hydroxylation is 2. The predicted octanol–water partition coefficient (Wildman–Crippen LogP) is 13.2. The summed E-state index contributed by atoms with van der Waals surface area (Å²) in [4.78, 5) is 63.8. The Kier molecular flexibility index (Phi) is 21.1. The minimum absolute atomic E-state index is 0.0773. The minimum atomic E-state index is -1.11. The summed E-state index contributed by atoms with van der Waals surface area (Å²) in [5.74, 6) is -0.196. The first-order valence-corrected chi connectivity index (χ1v) is 27.1. The first-order chi connectivity index (χ1) is 37.6. The molecule has 0 saturated carbocycles. The van der Waals surface area contributed by atoms with Crippen LogP contribution >= 0.6 is 22.7 Å². The van der Waals surface area contributed by atoms with E-state index in [4.69, 9.17) is 33.7 Å². The van der Waals surface area contributed by atoms with Crippen LogP contribution in [0.4, 0.5) is 9.59 Å². The number of carbonyl (C=O) groups excluding carboxylic acids is 3. The van der Waals surface area contributed by atoms with Crippen LogP contribution in [-0.2, 0) is 62.9 Å². The lowest BCUT2D eigenvalue weighted by atomic mass is 10.2. The zero-order valence-electron chi connectivity index (χ0n) is 44.5. The number of nitrogens with zero attached hydrogens (tertiary/aromatic N) is 4. The number of rotatable bonds is 22. The number of amides is 2. The Morgan fingerprint density at radius 2 is 0.872 bits per heavy atom. The number of hydrogen-bond acceptors (Lipinski definition) is 13. The van der Waals surface area contributed by atoms with Crippen LogP contribution in [0.3, 0.4) is 0 Å². The average Bonchev–Trinajstić information content (AvgIpc) is 4.02. The number of carboxylic acids is 1. The Labute approximate surface area is 463 Å². The number of hydrogen-bond donors (Lipinski definition) is 1. The number of ether oxygens (including phenoxy) is 5. The van der Waals surface area contributed by atoms with Crippen molar-refractivity contribution < 1.29 is 48.0 Å². The van der Waals surface area contributed by atoms with Gasteiger partial charge in [0, 0.05) is 46.8 Å². The van der Waals surface area contributed by atoms with Crippen LogP contribution < -0.4 is 9.47 Å². The number of esters is 1. The van der Waals surface area contributed by atoms with Gasteiger partial charge in [-0.15, -0.1) is 22.7 Å². The molecule has 2 aromatic heterocycles. The van der Waals surface area contributed by atoms with Crippen LogP contribution in [0.25, 0.3) is 21.1 Å². The van der Waals surface area contributed by atoms with Gasteiger partial charge in [-0.2, -0.15) is 0 Å². The Morgan fingerprint density at radius 1 is 0.500 bits per heavy atom. The third-order valence-corrected chi connectivity index (χ3v) is 13.8. The van der Waals surface area contributed by atoms with Crippen molar-refractivity contribution in [2.75, 3.05) is 26.3 Å². The molecule has 0 radical (unpaired) electrons. The molecule has 0 aliphatic rings. The molecule has 0 saturated heterocycles. The first-order valence-electron chi connectivity index (χ1n) is 25.5. The SMILES string of the molecule is Cc1sc(-c2ccccc2)nc1CCOc1ccc(CN(CC(=O)O)C(=O)OCc2ccccc2)cc1.Cc1sc(-c2ccccc2)nc1CCOc1ccc(CN(CC(=O)OC(C)(C)C)C(=O)OCc2ccccc2)cc1. The molecule has 404 valence electrons. The molecule has 2 heterocycles. The van der Waals surface area contributed by atoms with E-state index in [-0.39, 0.29) is 32.8 Å². The van der Waals surface area contributed by atoms with Gasteiger partial charge in [0.1, 0.15) is 53.4 Å². The molecule has 0 bridgehead atoms. The zero-order chi connectivity index (χ0) is 55.3. The van der Waals surface area contributed by atoms with Gasteiger partial charge in [0.25, 0.3) is 0 Å². The van der Waals surface area contributed by atoms with Gasteiger partial charge >= 0.3 is 24.1 Å². The molecule has 0 aliphatic carbocycles. The van der Waals surface area contributed by atoms with E-state index in [0.717, 1.165) is 65.4 Å². The van der Waals surface area contributed by atoms with Crippen molar-refractivity contribution in [3.63, 3.8) is 0 Å². The van der Waals surface area contributed by atoms with Gasteiger partial charge in [-0.05, 0) is 81.1 Å². The Bertz CT molecular complexity index is 3150. The Hall–Kier alpha value is -8.34. The number of carbonyl (C=O) groups is 4. The molecule has 16 heteroatoms. The van der Waals surface area contributed by atoms with Gasteiger partial charge in [0.05, 0.1) is 24.6 Å². The second-order valence-corrected chi connectivity index (χ2v) is 21.4. The van der Waals surface area contributed by atoms with Crippen molar-refractivity contribution in [1.29, 1.82) is 0 Å². The van der Waals surface area contributed by atoms with Crippen molar-refractivity contribution in [2.45, 2.75) is 79.4 Å². The molecule has 0 aliphatic heterocycles. The molecule has 78 heavy (non-hydrogen) atoms. The van der Waals surface area contributed by atoms with E-state index < -0.39 is 36.3 Å². The van der Waals surface area contributed by atoms with E-state index in [1.165, 1.54) is 14.7 Å². The van der Waals surface area contributed by atoms with Crippen molar-refractivity contribution in [1.82, 2.24) is 19.8 Å². The molecule has 0 unspecified atom stereocenters. The van der Waals surface area contributed by atoms with Crippen LogP contribution in [0.1, 0.15) is 64.2 Å². The molecule has 0 spiro atoms. The van der Waals surface area contributed by atoms with Crippen molar-refractivity contribution in [3.05, 3.63) is 213 Å². The molecule has 8 rings (SSSR count).